The summed E-state index contributed by atoms with van der Waals surface area (Å²) < 4.78 is 12.0. The van der Waals surface area contributed by atoms with Gasteiger partial charge in [-0.25, -0.2) is 0 Å². The molecule has 2 fully saturated rings. The van der Waals surface area contributed by atoms with Crippen molar-refractivity contribution < 1.29 is 9.47 Å². The molecule has 2 aromatic rings. The summed E-state index contributed by atoms with van der Waals surface area (Å²) in [5.41, 5.74) is 3.95. The van der Waals surface area contributed by atoms with Gasteiger partial charge in [0.15, 0.2) is 0 Å². The first kappa shape index (κ1) is 21.4. The van der Waals surface area contributed by atoms with E-state index in [4.69, 9.17) is 9.47 Å². The van der Waals surface area contributed by atoms with Gasteiger partial charge in [0, 0.05) is 6.61 Å². The molecule has 2 heteroatoms. The molecule has 0 atom stereocenters. The Labute approximate surface area is 183 Å². The summed E-state index contributed by atoms with van der Waals surface area (Å²) in [7, 11) is 0. The Morgan fingerprint density at radius 1 is 0.767 bits per heavy atom. The smallest absolute Gasteiger partial charge is 0.130 e. The highest BCUT2D eigenvalue weighted by Crippen LogP contribution is 2.43. The third kappa shape index (κ3) is 5.27. The summed E-state index contributed by atoms with van der Waals surface area (Å²) >= 11 is 0. The van der Waals surface area contributed by atoms with E-state index < -0.39 is 0 Å². The van der Waals surface area contributed by atoms with Crippen LogP contribution in [-0.2, 0) is 4.74 Å². The van der Waals surface area contributed by atoms with Crippen molar-refractivity contribution in [1.29, 1.82) is 0 Å². The van der Waals surface area contributed by atoms with Crippen LogP contribution in [0.5, 0.6) is 11.5 Å². The van der Waals surface area contributed by atoms with Crippen LogP contribution in [0.15, 0.2) is 42.5 Å². The number of hydrogen-bond acceptors (Lipinski definition) is 2. The third-order valence-corrected chi connectivity index (χ3v) is 7.47. The monoisotopic (exact) mass is 406 g/mol. The van der Waals surface area contributed by atoms with Crippen molar-refractivity contribution in [3.8, 4) is 11.5 Å². The average Bonchev–Trinajstić information content (AvgIpc) is 2.77. The maximum absolute atomic E-state index is 6.12. The van der Waals surface area contributed by atoms with Gasteiger partial charge in [-0.1, -0.05) is 29.8 Å². The van der Waals surface area contributed by atoms with Gasteiger partial charge in [-0.15, -0.1) is 0 Å². The minimum absolute atomic E-state index is 0.534. The normalized spacial score (nSPS) is 27.0. The quantitative estimate of drug-likeness (QED) is 0.484. The average molecular weight is 407 g/mol. The van der Waals surface area contributed by atoms with Gasteiger partial charge < -0.3 is 9.47 Å². The number of benzene rings is 2. The fourth-order valence-corrected chi connectivity index (χ4v) is 5.74. The molecule has 0 aromatic heterocycles. The van der Waals surface area contributed by atoms with E-state index in [9.17, 15) is 0 Å². The van der Waals surface area contributed by atoms with Crippen molar-refractivity contribution in [2.45, 2.75) is 84.2 Å². The maximum atomic E-state index is 6.12. The van der Waals surface area contributed by atoms with E-state index in [0.29, 0.717) is 6.10 Å². The number of aryl methyl sites for hydroxylation is 2. The highest BCUT2D eigenvalue weighted by atomic mass is 16.5. The molecule has 0 unspecified atom stereocenters. The van der Waals surface area contributed by atoms with E-state index in [1.54, 1.807) is 0 Å². The minimum atomic E-state index is 0.534. The van der Waals surface area contributed by atoms with Gasteiger partial charge in [0.05, 0.1) is 6.10 Å². The number of ether oxygens (including phenoxy) is 2. The highest BCUT2D eigenvalue weighted by Gasteiger charge is 2.31. The van der Waals surface area contributed by atoms with Crippen molar-refractivity contribution in [3.05, 3.63) is 59.2 Å². The Bertz CT molecular complexity index is 794. The molecular weight excluding hydrogens is 368 g/mol. The van der Waals surface area contributed by atoms with Crippen LogP contribution in [0.3, 0.4) is 0 Å². The van der Waals surface area contributed by atoms with Crippen LogP contribution < -0.4 is 4.74 Å². The molecule has 0 radical (unpaired) electrons. The molecule has 0 saturated heterocycles. The first-order chi connectivity index (χ1) is 14.6. The molecule has 0 aliphatic heterocycles. The van der Waals surface area contributed by atoms with Gasteiger partial charge in [-0.05, 0) is 119 Å². The van der Waals surface area contributed by atoms with E-state index in [-0.39, 0.29) is 0 Å². The second-order valence-corrected chi connectivity index (χ2v) is 9.54. The lowest BCUT2D eigenvalue weighted by Gasteiger charge is -2.37. The Morgan fingerprint density at radius 3 is 2.00 bits per heavy atom. The molecule has 2 nitrogen and oxygen atoms in total. The SMILES string of the molecule is CCOC1CCC(C2CCC(c3ccc(Oc4ccc(C)cc4C)cc3)CC2)CC1. The fourth-order valence-electron chi connectivity index (χ4n) is 5.74. The van der Waals surface area contributed by atoms with Crippen LogP contribution >= 0.6 is 0 Å². The Kier molecular flexibility index (Phi) is 7.15. The number of hydrogen-bond donors (Lipinski definition) is 0. The Balaban J connectivity index is 1.28. The summed E-state index contributed by atoms with van der Waals surface area (Å²) in [6.07, 6.45) is 11.3. The first-order valence-electron chi connectivity index (χ1n) is 12.1. The Morgan fingerprint density at radius 2 is 1.40 bits per heavy atom. The van der Waals surface area contributed by atoms with Crippen LogP contribution in [0, 0.1) is 25.7 Å². The van der Waals surface area contributed by atoms with Gasteiger partial charge in [0.1, 0.15) is 11.5 Å². The zero-order valence-electron chi connectivity index (χ0n) is 19.0. The standard InChI is InChI=1S/C28H38O2/c1-4-29-26-14-10-24(11-15-26)22-6-8-23(9-7-22)25-12-16-27(17-13-25)30-28-18-5-20(2)19-21(28)3/h5,12-13,16-19,22-24,26H,4,6-11,14-15H2,1-3H3. The molecule has 4 rings (SSSR count). The van der Waals surface area contributed by atoms with Gasteiger partial charge in [0.2, 0.25) is 0 Å². The third-order valence-electron chi connectivity index (χ3n) is 7.47. The van der Waals surface area contributed by atoms with Gasteiger partial charge >= 0.3 is 0 Å². The molecule has 2 aliphatic rings. The predicted octanol–water partition coefficient (Wildman–Crippen LogP) is 7.96. The van der Waals surface area contributed by atoms with Crippen molar-refractivity contribution >= 4 is 0 Å². The zero-order valence-corrected chi connectivity index (χ0v) is 19.0. The lowest BCUT2D eigenvalue weighted by Crippen LogP contribution is -2.28. The molecule has 0 N–H and O–H groups in total. The molecule has 0 spiro atoms. The second kappa shape index (κ2) is 10.0. The number of rotatable bonds is 6. The van der Waals surface area contributed by atoms with Gasteiger partial charge in [-0.3, -0.25) is 0 Å². The summed E-state index contributed by atoms with van der Waals surface area (Å²) in [6, 6.07) is 15.2. The van der Waals surface area contributed by atoms with Crippen molar-refractivity contribution in [2.24, 2.45) is 11.8 Å². The summed E-state index contributed by atoms with van der Waals surface area (Å²) in [5.74, 6) is 4.49. The largest absolute Gasteiger partial charge is 0.457 e. The molecule has 2 aliphatic carbocycles. The minimum Gasteiger partial charge on any atom is -0.457 e. The van der Waals surface area contributed by atoms with Gasteiger partial charge in [0.25, 0.3) is 0 Å². The van der Waals surface area contributed by atoms with Crippen molar-refractivity contribution in [3.63, 3.8) is 0 Å². The molecule has 0 bridgehead atoms. The Hall–Kier alpha value is -1.80. The zero-order chi connectivity index (χ0) is 20.9. The van der Waals surface area contributed by atoms with E-state index in [0.717, 1.165) is 35.9 Å². The highest BCUT2D eigenvalue weighted by molar-refractivity contribution is 5.40. The van der Waals surface area contributed by atoms with Crippen LogP contribution in [-0.4, -0.2) is 12.7 Å². The molecule has 0 heterocycles. The topological polar surface area (TPSA) is 18.5 Å². The first-order valence-corrected chi connectivity index (χ1v) is 12.1. The molecule has 0 amide bonds. The summed E-state index contributed by atoms with van der Waals surface area (Å²) in [6.45, 7) is 7.22. The van der Waals surface area contributed by atoms with Crippen molar-refractivity contribution in [1.82, 2.24) is 0 Å². The fraction of sp³-hybridized carbons (Fsp3) is 0.571. The summed E-state index contributed by atoms with van der Waals surface area (Å²) in [4.78, 5) is 0. The van der Waals surface area contributed by atoms with E-state index in [1.165, 1.54) is 68.1 Å². The van der Waals surface area contributed by atoms with Crippen LogP contribution in [0.4, 0.5) is 0 Å². The molecular formula is C28H38O2. The maximum Gasteiger partial charge on any atom is 0.130 e. The van der Waals surface area contributed by atoms with E-state index >= 15 is 0 Å². The molecule has 30 heavy (non-hydrogen) atoms. The van der Waals surface area contributed by atoms with Crippen LogP contribution in [0.1, 0.15) is 80.9 Å². The molecule has 2 aromatic carbocycles. The molecule has 2 saturated carbocycles. The van der Waals surface area contributed by atoms with Crippen molar-refractivity contribution in [2.75, 3.05) is 6.61 Å². The van der Waals surface area contributed by atoms with Gasteiger partial charge in [-0.2, -0.15) is 0 Å². The lowest BCUT2D eigenvalue weighted by molar-refractivity contribution is 0.0146. The van der Waals surface area contributed by atoms with Crippen LogP contribution in [0.25, 0.3) is 0 Å². The van der Waals surface area contributed by atoms with E-state index in [1.807, 2.05) is 0 Å². The van der Waals surface area contributed by atoms with E-state index in [2.05, 4.69) is 63.2 Å². The molecule has 162 valence electrons. The lowest BCUT2D eigenvalue weighted by atomic mass is 9.69. The summed E-state index contributed by atoms with van der Waals surface area (Å²) in [5, 5.41) is 0. The predicted molar refractivity (Wildman–Crippen MR) is 125 cm³/mol. The van der Waals surface area contributed by atoms with Crippen LogP contribution in [0.2, 0.25) is 0 Å². The second-order valence-electron chi connectivity index (χ2n) is 9.54.